The Morgan fingerprint density at radius 2 is 1.83 bits per heavy atom. The van der Waals surface area contributed by atoms with E-state index in [0.717, 1.165) is 65.4 Å². The smallest absolute Gasteiger partial charge is 0.253 e. The molecular formula is C27H29N5OS2. The van der Waals surface area contributed by atoms with E-state index in [4.69, 9.17) is 0 Å². The van der Waals surface area contributed by atoms with E-state index in [1.54, 1.807) is 23.1 Å². The van der Waals surface area contributed by atoms with Crippen molar-refractivity contribution in [2.45, 2.75) is 24.8 Å². The van der Waals surface area contributed by atoms with Gasteiger partial charge in [-0.1, -0.05) is 55.1 Å². The predicted octanol–water partition coefficient (Wildman–Crippen LogP) is 5.37. The molecule has 5 rings (SSSR count). The van der Waals surface area contributed by atoms with Gasteiger partial charge in [0.05, 0.1) is 10.6 Å². The Kier molecular flexibility index (Phi) is 7.32. The molecule has 1 fully saturated rings. The summed E-state index contributed by atoms with van der Waals surface area (Å²) in [5, 5.41) is 12.0. The molecule has 6 nitrogen and oxygen atoms in total. The number of piperazine rings is 1. The van der Waals surface area contributed by atoms with Gasteiger partial charge in [-0.2, -0.15) is 0 Å². The third-order valence-electron chi connectivity index (χ3n) is 6.38. The summed E-state index contributed by atoms with van der Waals surface area (Å²) in [5.41, 5.74) is 4.11. The van der Waals surface area contributed by atoms with Crippen molar-refractivity contribution in [1.29, 1.82) is 0 Å². The average molecular weight is 504 g/mol. The highest BCUT2D eigenvalue weighted by Crippen LogP contribution is 2.32. The predicted molar refractivity (Wildman–Crippen MR) is 143 cm³/mol. The number of thiophene rings is 1. The van der Waals surface area contributed by atoms with E-state index in [1.165, 1.54) is 5.56 Å². The summed E-state index contributed by atoms with van der Waals surface area (Å²) in [6.07, 6.45) is 0. The maximum Gasteiger partial charge on any atom is 0.253 e. The molecule has 0 spiro atoms. The Morgan fingerprint density at radius 1 is 1.00 bits per heavy atom. The molecule has 35 heavy (non-hydrogen) atoms. The van der Waals surface area contributed by atoms with Gasteiger partial charge >= 0.3 is 0 Å². The first-order valence-corrected chi connectivity index (χ1v) is 13.8. The van der Waals surface area contributed by atoms with Crippen LogP contribution in [0.1, 0.15) is 28.4 Å². The van der Waals surface area contributed by atoms with Crippen LogP contribution in [-0.2, 0) is 5.75 Å². The Balaban J connectivity index is 1.36. The number of carbonyl (C=O) groups is 1. The second-order valence-corrected chi connectivity index (χ2v) is 10.5. The molecule has 0 bridgehead atoms. The first-order valence-electron chi connectivity index (χ1n) is 11.9. The molecule has 2 aromatic carbocycles. The zero-order valence-electron chi connectivity index (χ0n) is 20.1. The molecule has 0 aliphatic carbocycles. The number of benzene rings is 2. The Morgan fingerprint density at radius 3 is 2.57 bits per heavy atom. The number of amides is 1. The summed E-state index contributed by atoms with van der Waals surface area (Å²) >= 11 is 3.30. The van der Waals surface area contributed by atoms with Gasteiger partial charge < -0.3 is 9.80 Å². The number of rotatable bonds is 7. The molecule has 3 heterocycles. The van der Waals surface area contributed by atoms with Crippen molar-refractivity contribution in [2.75, 3.05) is 32.7 Å². The van der Waals surface area contributed by atoms with Gasteiger partial charge in [-0.3, -0.25) is 9.36 Å². The van der Waals surface area contributed by atoms with Gasteiger partial charge in [-0.25, -0.2) is 0 Å². The molecule has 1 aliphatic heterocycles. The SMILES string of the molecule is CCN1CCN(C(=O)c2cccc(CSc3nnc(-c4cccs4)n3-c3ccccc3C)c2)CC1. The number of para-hydroxylation sites is 1. The third kappa shape index (κ3) is 5.19. The molecule has 0 saturated carbocycles. The van der Waals surface area contributed by atoms with Crippen LogP contribution < -0.4 is 0 Å². The maximum absolute atomic E-state index is 13.1. The lowest BCUT2D eigenvalue weighted by Gasteiger charge is -2.34. The fourth-order valence-corrected chi connectivity index (χ4v) is 5.94. The van der Waals surface area contributed by atoms with Gasteiger partial charge in [0.15, 0.2) is 11.0 Å². The average Bonchev–Trinajstić information content (AvgIpc) is 3.58. The van der Waals surface area contributed by atoms with Crippen LogP contribution in [0.4, 0.5) is 0 Å². The van der Waals surface area contributed by atoms with Gasteiger partial charge in [-0.05, 0) is 54.2 Å². The number of thioether (sulfide) groups is 1. The molecule has 0 N–H and O–H groups in total. The fourth-order valence-electron chi connectivity index (χ4n) is 4.35. The van der Waals surface area contributed by atoms with Gasteiger partial charge in [0.1, 0.15) is 0 Å². The topological polar surface area (TPSA) is 54.3 Å². The van der Waals surface area contributed by atoms with E-state index in [9.17, 15) is 4.79 Å². The first kappa shape index (κ1) is 23.8. The van der Waals surface area contributed by atoms with Crippen molar-refractivity contribution >= 4 is 29.0 Å². The number of hydrogen-bond acceptors (Lipinski definition) is 6. The minimum absolute atomic E-state index is 0.121. The van der Waals surface area contributed by atoms with Crippen LogP contribution in [0.2, 0.25) is 0 Å². The molecule has 1 aliphatic rings. The van der Waals surface area contributed by atoms with E-state index < -0.39 is 0 Å². The van der Waals surface area contributed by atoms with E-state index >= 15 is 0 Å². The zero-order chi connectivity index (χ0) is 24.2. The number of hydrogen-bond donors (Lipinski definition) is 0. The Bertz CT molecular complexity index is 1290. The van der Waals surface area contributed by atoms with Gasteiger partial charge in [0.2, 0.25) is 0 Å². The van der Waals surface area contributed by atoms with E-state index in [1.807, 2.05) is 41.3 Å². The van der Waals surface area contributed by atoms with E-state index in [2.05, 4.69) is 63.2 Å². The number of aryl methyl sites for hydroxylation is 1. The van der Waals surface area contributed by atoms with Crippen LogP contribution in [0.25, 0.3) is 16.4 Å². The minimum atomic E-state index is 0.121. The van der Waals surface area contributed by atoms with Crippen LogP contribution in [0.15, 0.2) is 71.2 Å². The summed E-state index contributed by atoms with van der Waals surface area (Å²) in [6.45, 7) is 8.78. The van der Waals surface area contributed by atoms with Crippen molar-refractivity contribution in [3.8, 4) is 16.4 Å². The van der Waals surface area contributed by atoms with Crippen LogP contribution in [-0.4, -0.2) is 63.2 Å². The molecule has 4 aromatic rings. The summed E-state index contributed by atoms with van der Waals surface area (Å²) in [7, 11) is 0. The van der Waals surface area contributed by atoms with Crippen molar-refractivity contribution in [1.82, 2.24) is 24.6 Å². The minimum Gasteiger partial charge on any atom is -0.336 e. The molecule has 8 heteroatoms. The highest BCUT2D eigenvalue weighted by atomic mass is 32.2. The van der Waals surface area contributed by atoms with Crippen LogP contribution in [0, 0.1) is 6.92 Å². The van der Waals surface area contributed by atoms with Crippen LogP contribution in [0.5, 0.6) is 0 Å². The highest BCUT2D eigenvalue weighted by Gasteiger charge is 2.22. The second kappa shape index (κ2) is 10.8. The standard InChI is InChI=1S/C27H29N5OS2/c1-3-30-13-15-31(16-14-30)26(33)22-10-6-9-21(18-22)19-35-27-29-28-25(24-12-7-17-34-24)32(27)23-11-5-4-8-20(23)2/h4-12,17-18H,3,13-16,19H2,1-2H3. The normalized spacial score (nSPS) is 14.4. The van der Waals surface area contributed by atoms with Gasteiger partial charge in [0.25, 0.3) is 5.91 Å². The van der Waals surface area contributed by atoms with E-state index in [0.29, 0.717) is 5.75 Å². The summed E-state index contributed by atoms with van der Waals surface area (Å²) < 4.78 is 2.15. The second-order valence-electron chi connectivity index (χ2n) is 8.62. The quantitative estimate of drug-likeness (QED) is 0.317. The van der Waals surface area contributed by atoms with Crippen LogP contribution in [0.3, 0.4) is 0 Å². The first-order chi connectivity index (χ1) is 17.1. The van der Waals surface area contributed by atoms with E-state index in [-0.39, 0.29) is 5.91 Å². The largest absolute Gasteiger partial charge is 0.336 e. The van der Waals surface area contributed by atoms with Crippen molar-refractivity contribution < 1.29 is 4.79 Å². The molecule has 0 radical (unpaired) electrons. The number of carbonyl (C=O) groups excluding carboxylic acids is 1. The molecule has 1 amide bonds. The number of aromatic nitrogens is 3. The molecular weight excluding hydrogens is 474 g/mol. The Hall–Kier alpha value is -2.94. The maximum atomic E-state index is 13.1. The Labute approximate surface area is 214 Å². The lowest BCUT2D eigenvalue weighted by atomic mass is 10.1. The summed E-state index contributed by atoms with van der Waals surface area (Å²) in [5.74, 6) is 1.68. The monoisotopic (exact) mass is 503 g/mol. The fraction of sp³-hybridized carbons (Fsp3) is 0.296. The lowest BCUT2D eigenvalue weighted by molar-refractivity contribution is 0.0643. The summed E-state index contributed by atoms with van der Waals surface area (Å²) in [4.78, 5) is 18.5. The lowest BCUT2D eigenvalue weighted by Crippen LogP contribution is -2.48. The van der Waals surface area contributed by atoms with Crippen LogP contribution >= 0.6 is 23.1 Å². The van der Waals surface area contributed by atoms with Crippen molar-refractivity contribution in [2.24, 2.45) is 0 Å². The van der Waals surface area contributed by atoms with Gasteiger partial charge in [-0.15, -0.1) is 21.5 Å². The number of nitrogens with zero attached hydrogens (tertiary/aromatic N) is 5. The molecule has 0 atom stereocenters. The molecule has 2 aromatic heterocycles. The van der Waals surface area contributed by atoms with Crippen molar-refractivity contribution in [3.05, 3.63) is 82.7 Å². The number of likely N-dealkylation sites (N-methyl/N-ethyl adjacent to an activating group) is 1. The third-order valence-corrected chi connectivity index (χ3v) is 8.25. The van der Waals surface area contributed by atoms with Crippen molar-refractivity contribution in [3.63, 3.8) is 0 Å². The zero-order valence-corrected chi connectivity index (χ0v) is 21.7. The highest BCUT2D eigenvalue weighted by molar-refractivity contribution is 7.98. The molecule has 180 valence electrons. The molecule has 0 unspecified atom stereocenters. The summed E-state index contributed by atoms with van der Waals surface area (Å²) in [6, 6.07) is 20.4. The van der Waals surface area contributed by atoms with Gasteiger partial charge in [0, 0.05) is 37.5 Å². The molecule has 1 saturated heterocycles.